The minimum atomic E-state index is -0.629. The van der Waals surface area contributed by atoms with Gasteiger partial charge in [0.25, 0.3) is 5.91 Å². The standard InChI is InChI=1S/C17H15ClFN3OS/c1-11-10-14(15-6-3-9-24-15)21-22(11)8-7-20-17(23)16-12(18)4-2-5-13(16)19/h2-6,9-10H,7-8H2,1H3,(H,20,23). The zero-order valence-corrected chi connectivity index (χ0v) is 14.5. The number of nitrogens with zero attached hydrogens (tertiary/aromatic N) is 2. The smallest absolute Gasteiger partial charge is 0.255 e. The Labute approximate surface area is 147 Å². The molecular weight excluding hydrogens is 349 g/mol. The molecule has 1 aromatic carbocycles. The number of benzene rings is 1. The van der Waals surface area contributed by atoms with Gasteiger partial charge in [-0.05, 0) is 36.6 Å². The van der Waals surface area contributed by atoms with Gasteiger partial charge in [0.05, 0.1) is 22.0 Å². The zero-order chi connectivity index (χ0) is 17.1. The van der Waals surface area contributed by atoms with Gasteiger partial charge in [0, 0.05) is 12.2 Å². The van der Waals surface area contributed by atoms with Crippen LogP contribution in [0.3, 0.4) is 0 Å². The lowest BCUT2D eigenvalue weighted by molar-refractivity contribution is 0.0948. The number of amides is 1. The van der Waals surface area contributed by atoms with Crippen LogP contribution >= 0.6 is 22.9 Å². The van der Waals surface area contributed by atoms with Crippen LogP contribution in [-0.2, 0) is 6.54 Å². The summed E-state index contributed by atoms with van der Waals surface area (Å²) in [5.74, 6) is -1.16. The lowest BCUT2D eigenvalue weighted by Crippen LogP contribution is -2.28. The minimum Gasteiger partial charge on any atom is -0.350 e. The van der Waals surface area contributed by atoms with E-state index in [2.05, 4.69) is 10.4 Å². The molecule has 0 bridgehead atoms. The molecule has 2 heterocycles. The number of aryl methyl sites for hydroxylation is 1. The van der Waals surface area contributed by atoms with Crippen LogP contribution in [0.5, 0.6) is 0 Å². The van der Waals surface area contributed by atoms with Crippen molar-refractivity contribution in [3.05, 3.63) is 63.9 Å². The highest BCUT2D eigenvalue weighted by molar-refractivity contribution is 7.13. The highest BCUT2D eigenvalue weighted by Gasteiger charge is 2.15. The lowest BCUT2D eigenvalue weighted by atomic mass is 10.2. The molecule has 0 aliphatic heterocycles. The van der Waals surface area contributed by atoms with E-state index in [1.54, 1.807) is 11.3 Å². The Morgan fingerprint density at radius 2 is 2.21 bits per heavy atom. The fourth-order valence-corrected chi connectivity index (χ4v) is 3.29. The number of thiophene rings is 1. The van der Waals surface area contributed by atoms with Crippen molar-refractivity contribution in [2.75, 3.05) is 6.54 Å². The van der Waals surface area contributed by atoms with Crippen LogP contribution in [0.2, 0.25) is 5.02 Å². The van der Waals surface area contributed by atoms with Gasteiger partial charge in [-0.25, -0.2) is 4.39 Å². The molecule has 0 aliphatic carbocycles. The van der Waals surface area contributed by atoms with Gasteiger partial charge in [-0.15, -0.1) is 11.3 Å². The van der Waals surface area contributed by atoms with Crippen molar-refractivity contribution in [1.29, 1.82) is 0 Å². The molecule has 1 N–H and O–H groups in total. The molecule has 124 valence electrons. The van der Waals surface area contributed by atoms with Crippen molar-refractivity contribution < 1.29 is 9.18 Å². The molecule has 0 spiro atoms. The second-order valence-electron chi connectivity index (χ2n) is 5.22. The molecule has 0 saturated heterocycles. The van der Waals surface area contributed by atoms with Crippen LogP contribution in [-0.4, -0.2) is 22.2 Å². The van der Waals surface area contributed by atoms with E-state index in [-0.39, 0.29) is 10.6 Å². The van der Waals surface area contributed by atoms with E-state index in [1.807, 2.05) is 35.2 Å². The third-order valence-corrected chi connectivity index (χ3v) is 4.76. The molecule has 7 heteroatoms. The zero-order valence-electron chi connectivity index (χ0n) is 12.9. The van der Waals surface area contributed by atoms with E-state index in [1.165, 1.54) is 18.2 Å². The molecule has 3 aromatic rings. The Balaban J connectivity index is 1.64. The fourth-order valence-electron chi connectivity index (χ4n) is 2.36. The van der Waals surface area contributed by atoms with E-state index in [9.17, 15) is 9.18 Å². The van der Waals surface area contributed by atoms with E-state index < -0.39 is 11.7 Å². The summed E-state index contributed by atoms with van der Waals surface area (Å²) in [5, 5.41) is 9.31. The molecule has 0 fully saturated rings. The topological polar surface area (TPSA) is 46.9 Å². The third kappa shape index (κ3) is 3.49. The average Bonchev–Trinajstić information content (AvgIpc) is 3.17. The summed E-state index contributed by atoms with van der Waals surface area (Å²) in [5.41, 5.74) is 1.78. The monoisotopic (exact) mass is 363 g/mol. The number of nitrogens with one attached hydrogen (secondary N) is 1. The first-order valence-corrected chi connectivity index (χ1v) is 8.62. The summed E-state index contributed by atoms with van der Waals surface area (Å²) in [7, 11) is 0. The maximum absolute atomic E-state index is 13.7. The molecule has 0 saturated carbocycles. The minimum absolute atomic E-state index is 0.0998. The number of aromatic nitrogens is 2. The Kier molecular flexibility index (Phi) is 4.97. The molecule has 0 atom stereocenters. The second-order valence-corrected chi connectivity index (χ2v) is 6.58. The van der Waals surface area contributed by atoms with Gasteiger partial charge in [0.2, 0.25) is 0 Å². The summed E-state index contributed by atoms with van der Waals surface area (Å²) in [6.45, 7) is 2.78. The first-order valence-electron chi connectivity index (χ1n) is 7.37. The first-order chi connectivity index (χ1) is 11.6. The van der Waals surface area contributed by atoms with Gasteiger partial charge in [-0.1, -0.05) is 23.7 Å². The van der Waals surface area contributed by atoms with Gasteiger partial charge in [0.15, 0.2) is 0 Å². The molecule has 0 aliphatic rings. The SMILES string of the molecule is Cc1cc(-c2cccs2)nn1CCNC(=O)c1c(F)cccc1Cl. The second kappa shape index (κ2) is 7.15. The van der Waals surface area contributed by atoms with Gasteiger partial charge >= 0.3 is 0 Å². The Hall–Kier alpha value is -2.18. The van der Waals surface area contributed by atoms with Crippen LogP contribution in [0.15, 0.2) is 41.8 Å². The van der Waals surface area contributed by atoms with Crippen LogP contribution in [0.25, 0.3) is 10.6 Å². The first kappa shape index (κ1) is 16.7. The largest absolute Gasteiger partial charge is 0.350 e. The van der Waals surface area contributed by atoms with Gasteiger partial charge in [-0.3, -0.25) is 9.48 Å². The Bertz CT molecular complexity index is 841. The van der Waals surface area contributed by atoms with Crippen molar-refractivity contribution in [1.82, 2.24) is 15.1 Å². The van der Waals surface area contributed by atoms with Crippen molar-refractivity contribution in [2.24, 2.45) is 0 Å². The van der Waals surface area contributed by atoms with Crippen molar-refractivity contribution in [2.45, 2.75) is 13.5 Å². The molecule has 0 radical (unpaired) electrons. The number of rotatable bonds is 5. The molecule has 4 nitrogen and oxygen atoms in total. The summed E-state index contributed by atoms with van der Waals surface area (Å²) < 4.78 is 15.5. The highest BCUT2D eigenvalue weighted by Crippen LogP contribution is 2.23. The third-order valence-electron chi connectivity index (χ3n) is 3.55. The number of hydrogen-bond acceptors (Lipinski definition) is 3. The van der Waals surface area contributed by atoms with Crippen molar-refractivity contribution in [3.63, 3.8) is 0 Å². The predicted molar refractivity (Wildman–Crippen MR) is 94.0 cm³/mol. The number of halogens is 2. The normalized spacial score (nSPS) is 10.8. The Morgan fingerprint density at radius 1 is 1.38 bits per heavy atom. The summed E-state index contributed by atoms with van der Waals surface area (Å²) >= 11 is 7.51. The fraction of sp³-hybridized carbons (Fsp3) is 0.176. The average molecular weight is 364 g/mol. The van der Waals surface area contributed by atoms with E-state index in [0.717, 1.165) is 16.3 Å². The van der Waals surface area contributed by atoms with E-state index in [4.69, 9.17) is 11.6 Å². The molecular formula is C17H15ClFN3OS. The maximum atomic E-state index is 13.7. The van der Waals surface area contributed by atoms with Gasteiger partial charge in [-0.2, -0.15) is 5.10 Å². The number of carbonyl (C=O) groups excluding carboxylic acids is 1. The molecule has 2 aromatic heterocycles. The summed E-state index contributed by atoms with van der Waals surface area (Å²) in [4.78, 5) is 13.2. The van der Waals surface area contributed by atoms with Gasteiger partial charge < -0.3 is 5.32 Å². The van der Waals surface area contributed by atoms with E-state index >= 15 is 0 Å². The maximum Gasteiger partial charge on any atom is 0.255 e. The molecule has 1 amide bonds. The van der Waals surface area contributed by atoms with Crippen molar-refractivity contribution in [3.8, 4) is 10.6 Å². The van der Waals surface area contributed by atoms with Crippen LogP contribution in [0.4, 0.5) is 4.39 Å². The Morgan fingerprint density at radius 3 is 2.92 bits per heavy atom. The highest BCUT2D eigenvalue weighted by atomic mass is 35.5. The quantitative estimate of drug-likeness (QED) is 0.740. The van der Waals surface area contributed by atoms with Gasteiger partial charge in [0.1, 0.15) is 11.5 Å². The number of carbonyl (C=O) groups is 1. The molecule has 24 heavy (non-hydrogen) atoms. The molecule has 0 unspecified atom stereocenters. The summed E-state index contributed by atoms with van der Waals surface area (Å²) in [6, 6.07) is 10.2. The predicted octanol–water partition coefficient (Wildman–Crippen LogP) is 4.14. The van der Waals surface area contributed by atoms with Crippen molar-refractivity contribution >= 4 is 28.8 Å². The van der Waals surface area contributed by atoms with Crippen LogP contribution in [0.1, 0.15) is 16.1 Å². The summed E-state index contributed by atoms with van der Waals surface area (Å²) in [6.07, 6.45) is 0. The van der Waals surface area contributed by atoms with E-state index in [0.29, 0.717) is 13.1 Å². The lowest BCUT2D eigenvalue weighted by Gasteiger charge is -2.08. The van der Waals surface area contributed by atoms with Crippen LogP contribution < -0.4 is 5.32 Å². The van der Waals surface area contributed by atoms with Crippen LogP contribution in [0, 0.1) is 12.7 Å². The number of hydrogen-bond donors (Lipinski definition) is 1. The molecule has 3 rings (SSSR count).